The third-order valence-corrected chi connectivity index (χ3v) is 3.07. The minimum atomic E-state index is -0.401. The molecule has 2 rings (SSSR count). The summed E-state index contributed by atoms with van der Waals surface area (Å²) >= 11 is 0. The quantitative estimate of drug-likeness (QED) is 0.599. The lowest BCUT2D eigenvalue weighted by Crippen LogP contribution is -2.24. The number of aliphatic hydroxyl groups is 1. The van der Waals surface area contributed by atoms with Crippen molar-refractivity contribution in [2.45, 2.75) is 12.1 Å². The normalized spacial score (nSPS) is 13.7. The number of benzene rings is 2. The fourth-order valence-corrected chi connectivity index (χ4v) is 1.95. The van der Waals surface area contributed by atoms with Crippen LogP contribution in [0.4, 0.5) is 0 Å². The topological polar surface area (TPSA) is 41.5 Å². The zero-order valence-corrected chi connectivity index (χ0v) is 11.3. The maximum atomic E-state index is 9.44. The number of hydroxylamine groups is 1. The molecule has 0 radical (unpaired) electrons. The molecule has 20 heavy (non-hydrogen) atoms. The molecule has 0 heterocycles. The smallest absolute Gasteiger partial charge is 0.127 e. The highest BCUT2D eigenvalue weighted by atomic mass is 16.7. The van der Waals surface area contributed by atoms with Gasteiger partial charge in [0.2, 0.25) is 0 Å². The number of nitrogens with one attached hydrogen (secondary N) is 1. The summed E-state index contributed by atoms with van der Waals surface area (Å²) in [6.45, 7) is 3.72. The second kappa shape index (κ2) is 7.60. The monoisotopic (exact) mass is 269 g/mol. The summed E-state index contributed by atoms with van der Waals surface area (Å²) in [5.74, 6) is 0. The van der Waals surface area contributed by atoms with Gasteiger partial charge in [-0.1, -0.05) is 66.7 Å². The number of rotatable bonds is 7. The molecule has 0 aliphatic carbocycles. The molecule has 0 saturated carbocycles. The number of hydrogen-bond acceptors (Lipinski definition) is 3. The van der Waals surface area contributed by atoms with E-state index >= 15 is 0 Å². The first-order valence-electron chi connectivity index (χ1n) is 6.59. The maximum Gasteiger partial charge on any atom is 0.127 e. The Morgan fingerprint density at radius 3 is 2.05 bits per heavy atom. The predicted octanol–water partition coefficient (Wildman–Crippen LogP) is 3.17. The predicted molar refractivity (Wildman–Crippen MR) is 79.9 cm³/mol. The molecule has 0 amide bonds. The van der Waals surface area contributed by atoms with Crippen molar-refractivity contribution < 1.29 is 9.94 Å². The van der Waals surface area contributed by atoms with Gasteiger partial charge < -0.3 is 5.11 Å². The summed E-state index contributed by atoms with van der Waals surface area (Å²) in [7, 11) is 0. The SMILES string of the molecule is C=C[C@@H](NO[C@@H](CO)c1ccccc1)c1ccccc1. The molecular formula is C17H19NO2. The molecule has 0 fully saturated rings. The highest BCUT2D eigenvalue weighted by Gasteiger charge is 2.13. The Morgan fingerprint density at radius 1 is 1.00 bits per heavy atom. The summed E-state index contributed by atoms with van der Waals surface area (Å²) in [6.07, 6.45) is 1.37. The Morgan fingerprint density at radius 2 is 1.55 bits per heavy atom. The van der Waals surface area contributed by atoms with E-state index in [1.165, 1.54) is 0 Å². The largest absolute Gasteiger partial charge is 0.393 e. The molecule has 0 unspecified atom stereocenters. The molecule has 2 N–H and O–H groups in total. The van der Waals surface area contributed by atoms with Crippen LogP contribution in [0.3, 0.4) is 0 Å². The van der Waals surface area contributed by atoms with Crippen molar-refractivity contribution in [1.82, 2.24) is 5.48 Å². The Hall–Kier alpha value is -1.94. The van der Waals surface area contributed by atoms with E-state index in [1.54, 1.807) is 6.08 Å². The van der Waals surface area contributed by atoms with Crippen LogP contribution in [-0.2, 0) is 4.84 Å². The molecule has 0 aliphatic rings. The van der Waals surface area contributed by atoms with Gasteiger partial charge in [-0.15, -0.1) is 6.58 Å². The van der Waals surface area contributed by atoms with Crippen molar-refractivity contribution in [2.24, 2.45) is 0 Å². The molecule has 0 spiro atoms. The van der Waals surface area contributed by atoms with Gasteiger partial charge in [0.05, 0.1) is 12.6 Å². The van der Waals surface area contributed by atoms with Crippen LogP contribution in [0.1, 0.15) is 23.3 Å². The van der Waals surface area contributed by atoms with E-state index in [1.807, 2.05) is 60.7 Å². The van der Waals surface area contributed by atoms with E-state index in [4.69, 9.17) is 4.84 Å². The highest BCUT2D eigenvalue weighted by molar-refractivity contribution is 5.22. The van der Waals surface area contributed by atoms with E-state index in [2.05, 4.69) is 12.1 Å². The second-order valence-corrected chi connectivity index (χ2v) is 4.44. The van der Waals surface area contributed by atoms with Crippen LogP contribution in [0.2, 0.25) is 0 Å². The third-order valence-electron chi connectivity index (χ3n) is 3.07. The van der Waals surface area contributed by atoms with Crippen molar-refractivity contribution in [3.05, 3.63) is 84.4 Å². The molecular weight excluding hydrogens is 250 g/mol. The summed E-state index contributed by atoms with van der Waals surface area (Å²) in [5.41, 5.74) is 4.95. The lowest BCUT2D eigenvalue weighted by atomic mass is 10.1. The standard InChI is InChI=1S/C17H19NO2/c1-2-16(14-9-5-3-6-10-14)18-20-17(13-19)15-11-7-4-8-12-15/h2-12,16-19H,1,13H2/t16-,17+/m1/s1. The van der Waals surface area contributed by atoms with Crippen LogP contribution in [0.25, 0.3) is 0 Å². The van der Waals surface area contributed by atoms with Gasteiger partial charge in [0.1, 0.15) is 6.10 Å². The van der Waals surface area contributed by atoms with Gasteiger partial charge in [-0.05, 0) is 11.1 Å². The fourth-order valence-electron chi connectivity index (χ4n) is 1.95. The zero-order valence-electron chi connectivity index (χ0n) is 11.3. The number of aliphatic hydroxyl groups excluding tert-OH is 1. The minimum Gasteiger partial charge on any atom is -0.393 e. The van der Waals surface area contributed by atoms with E-state index < -0.39 is 6.10 Å². The average Bonchev–Trinajstić information content (AvgIpc) is 2.53. The fraction of sp³-hybridized carbons (Fsp3) is 0.176. The first-order valence-corrected chi connectivity index (χ1v) is 6.59. The molecule has 0 bridgehead atoms. The van der Waals surface area contributed by atoms with Crippen LogP contribution < -0.4 is 5.48 Å². The molecule has 0 aliphatic heterocycles. The molecule has 2 aromatic rings. The summed E-state index contributed by atoms with van der Waals surface area (Å²) in [5, 5.41) is 9.44. The van der Waals surface area contributed by atoms with Crippen molar-refractivity contribution >= 4 is 0 Å². The molecule has 3 heteroatoms. The van der Waals surface area contributed by atoms with Crippen LogP contribution >= 0.6 is 0 Å². The molecule has 0 saturated heterocycles. The Labute approximate surface area is 119 Å². The lowest BCUT2D eigenvalue weighted by molar-refractivity contribution is -0.0628. The van der Waals surface area contributed by atoms with Gasteiger partial charge in [0.15, 0.2) is 0 Å². The summed E-state index contributed by atoms with van der Waals surface area (Å²) in [4.78, 5) is 5.61. The summed E-state index contributed by atoms with van der Waals surface area (Å²) in [6, 6.07) is 19.4. The Balaban J connectivity index is 2.00. The average molecular weight is 269 g/mol. The van der Waals surface area contributed by atoms with Gasteiger partial charge in [-0.3, -0.25) is 4.84 Å². The highest BCUT2D eigenvalue weighted by Crippen LogP contribution is 2.18. The van der Waals surface area contributed by atoms with Gasteiger partial charge in [0.25, 0.3) is 0 Å². The number of hydrogen-bond donors (Lipinski definition) is 2. The molecule has 2 atom stereocenters. The van der Waals surface area contributed by atoms with Crippen LogP contribution in [0.5, 0.6) is 0 Å². The zero-order chi connectivity index (χ0) is 14.2. The lowest BCUT2D eigenvalue weighted by Gasteiger charge is -2.20. The Kier molecular flexibility index (Phi) is 5.50. The van der Waals surface area contributed by atoms with Crippen LogP contribution in [0.15, 0.2) is 73.3 Å². The van der Waals surface area contributed by atoms with E-state index in [0.717, 1.165) is 11.1 Å². The van der Waals surface area contributed by atoms with Gasteiger partial charge in [0, 0.05) is 0 Å². The first kappa shape index (κ1) is 14.5. The van der Waals surface area contributed by atoms with Gasteiger partial charge in [-0.2, -0.15) is 5.48 Å². The van der Waals surface area contributed by atoms with Gasteiger partial charge in [-0.25, -0.2) is 0 Å². The maximum absolute atomic E-state index is 9.44. The summed E-state index contributed by atoms with van der Waals surface area (Å²) < 4.78 is 0. The third kappa shape index (κ3) is 3.78. The van der Waals surface area contributed by atoms with E-state index in [-0.39, 0.29) is 12.6 Å². The minimum absolute atomic E-state index is 0.0876. The van der Waals surface area contributed by atoms with Crippen LogP contribution in [-0.4, -0.2) is 11.7 Å². The van der Waals surface area contributed by atoms with E-state index in [0.29, 0.717) is 0 Å². The second-order valence-electron chi connectivity index (χ2n) is 4.44. The van der Waals surface area contributed by atoms with Crippen LogP contribution in [0, 0.1) is 0 Å². The molecule has 0 aromatic heterocycles. The van der Waals surface area contributed by atoms with Crippen molar-refractivity contribution in [2.75, 3.05) is 6.61 Å². The Bertz CT molecular complexity index is 513. The first-order chi connectivity index (χ1) is 9.85. The van der Waals surface area contributed by atoms with Crippen molar-refractivity contribution in [3.63, 3.8) is 0 Å². The molecule has 104 valence electrons. The van der Waals surface area contributed by atoms with E-state index in [9.17, 15) is 5.11 Å². The molecule has 3 nitrogen and oxygen atoms in total. The van der Waals surface area contributed by atoms with Crippen molar-refractivity contribution in [3.8, 4) is 0 Å². The molecule has 2 aromatic carbocycles. The van der Waals surface area contributed by atoms with Gasteiger partial charge >= 0.3 is 0 Å². The van der Waals surface area contributed by atoms with Crippen molar-refractivity contribution in [1.29, 1.82) is 0 Å².